The van der Waals surface area contributed by atoms with Crippen molar-refractivity contribution in [3.63, 3.8) is 0 Å². The second-order valence-corrected chi connectivity index (χ2v) is 5.51. The average molecular weight is 244 g/mol. The Morgan fingerprint density at radius 2 is 2.06 bits per heavy atom. The van der Waals surface area contributed by atoms with Crippen molar-refractivity contribution >= 4 is 11.3 Å². The number of aliphatic hydroxyl groups is 1. The summed E-state index contributed by atoms with van der Waals surface area (Å²) in [4.78, 5) is 0. The molecular formula is C15H16OS. The highest BCUT2D eigenvalue weighted by Crippen LogP contribution is 2.27. The Bertz CT molecular complexity index is 502. The van der Waals surface area contributed by atoms with Crippen LogP contribution in [-0.4, -0.2) is 5.11 Å². The maximum Gasteiger partial charge on any atom is 0.0830 e. The molecule has 1 aromatic heterocycles. The van der Waals surface area contributed by atoms with Crippen LogP contribution in [-0.2, 0) is 19.3 Å². The lowest BCUT2D eigenvalue weighted by Gasteiger charge is -2.11. The predicted molar refractivity (Wildman–Crippen MR) is 71.4 cm³/mol. The van der Waals surface area contributed by atoms with Crippen molar-refractivity contribution in [2.75, 3.05) is 0 Å². The third-order valence-electron chi connectivity index (χ3n) is 3.52. The summed E-state index contributed by atoms with van der Waals surface area (Å²) in [5, 5.41) is 14.4. The minimum absolute atomic E-state index is 0.365. The van der Waals surface area contributed by atoms with Crippen LogP contribution < -0.4 is 0 Å². The highest BCUT2D eigenvalue weighted by atomic mass is 32.1. The first kappa shape index (κ1) is 11.0. The first-order valence-electron chi connectivity index (χ1n) is 6.14. The SMILES string of the molecule is OC(Cc1ccsc1)c1ccc2c(c1)CCC2. The summed E-state index contributed by atoms with van der Waals surface area (Å²) in [6, 6.07) is 8.55. The fourth-order valence-electron chi connectivity index (χ4n) is 2.55. The van der Waals surface area contributed by atoms with Crippen molar-refractivity contribution in [1.29, 1.82) is 0 Å². The van der Waals surface area contributed by atoms with Crippen molar-refractivity contribution < 1.29 is 5.11 Å². The summed E-state index contributed by atoms with van der Waals surface area (Å²) >= 11 is 1.69. The number of rotatable bonds is 3. The predicted octanol–water partition coefficient (Wildman–Crippen LogP) is 3.51. The number of benzene rings is 1. The molecule has 1 nitrogen and oxygen atoms in total. The number of aryl methyl sites for hydroxylation is 2. The van der Waals surface area contributed by atoms with Crippen molar-refractivity contribution in [2.24, 2.45) is 0 Å². The van der Waals surface area contributed by atoms with E-state index in [1.54, 1.807) is 11.3 Å². The van der Waals surface area contributed by atoms with E-state index in [9.17, 15) is 5.11 Å². The van der Waals surface area contributed by atoms with Gasteiger partial charge in [0.15, 0.2) is 0 Å². The molecule has 1 atom stereocenters. The normalized spacial score (nSPS) is 15.8. The van der Waals surface area contributed by atoms with E-state index in [0.29, 0.717) is 0 Å². The van der Waals surface area contributed by atoms with Crippen molar-refractivity contribution in [2.45, 2.75) is 31.8 Å². The van der Waals surface area contributed by atoms with E-state index in [1.165, 1.54) is 36.0 Å². The minimum Gasteiger partial charge on any atom is -0.388 e. The lowest BCUT2D eigenvalue weighted by Crippen LogP contribution is -2.01. The zero-order valence-corrected chi connectivity index (χ0v) is 10.5. The van der Waals surface area contributed by atoms with Crippen LogP contribution in [0.2, 0.25) is 0 Å². The molecule has 0 spiro atoms. The van der Waals surface area contributed by atoms with Crippen LogP contribution in [0.15, 0.2) is 35.0 Å². The molecule has 3 rings (SSSR count). The zero-order chi connectivity index (χ0) is 11.7. The van der Waals surface area contributed by atoms with E-state index in [4.69, 9.17) is 0 Å². The van der Waals surface area contributed by atoms with Gasteiger partial charge in [0.1, 0.15) is 0 Å². The molecule has 0 amide bonds. The second kappa shape index (κ2) is 4.63. The molecule has 1 aliphatic rings. The molecule has 0 aliphatic heterocycles. The van der Waals surface area contributed by atoms with E-state index >= 15 is 0 Å². The van der Waals surface area contributed by atoms with Crippen molar-refractivity contribution in [1.82, 2.24) is 0 Å². The molecule has 0 fully saturated rings. The van der Waals surface area contributed by atoms with E-state index in [-0.39, 0.29) is 6.10 Å². The average Bonchev–Trinajstić information content (AvgIpc) is 2.97. The van der Waals surface area contributed by atoms with Gasteiger partial charge in [0, 0.05) is 6.42 Å². The van der Waals surface area contributed by atoms with Crippen LogP contribution in [0.25, 0.3) is 0 Å². The molecule has 1 N–H and O–H groups in total. The molecule has 1 unspecified atom stereocenters. The maximum absolute atomic E-state index is 10.2. The Labute approximate surface area is 106 Å². The number of hydrogen-bond donors (Lipinski definition) is 1. The first-order chi connectivity index (χ1) is 8.33. The lowest BCUT2D eigenvalue weighted by molar-refractivity contribution is 0.178. The Morgan fingerprint density at radius 1 is 1.18 bits per heavy atom. The van der Waals surface area contributed by atoms with Crippen LogP contribution in [0.4, 0.5) is 0 Å². The topological polar surface area (TPSA) is 20.2 Å². The molecular weight excluding hydrogens is 228 g/mol. The van der Waals surface area contributed by atoms with Gasteiger partial charge in [0.25, 0.3) is 0 Å². The monoisotopic (exact) mass is 244 g/mol. The first-order valence-corrected chi connectivity index (χ1v) is 7.08. The quantitative estimate of drug-likeness (QED) is 0.876. The smallest absolute Gasteiger partial charge is 0.0830 e. The Morgan fingerprint density at radius 3 is 2.88 bits per heavy atom. The van der Waals surface area contributed by atoms with Gasteiger partial charge in [-0.05, 0) is 58.3 Å². The standard InChI is InChI=1S/C15H16OS/c16-15(8-11-6-7-17-10-11)14-5-4-12-2-1-3-13(12)9-14/h4-7,9-10,15-16H,1-3,8H2. The van der Waals surface area contributed by atoms with Crippen LogP contribution in [0, 0.1) is 0 Å². The van der Waals surface area contributed by atoms with Crippen LogP contribution in [0.1, 0.15) is 34.8 Å². The summed E-state index contributed by atoms with van der Waals surface area (Å²) in [7, 11) is 0. The fraction of sp³-hybridized carbons (Fsp3) is 0.333. The Kier molecular flexibility index (Phi) is 3.00. The molecule has 2 heteroatoms. The molecule has 0 bridgehead atoms. The van der Waals surface area contributed by atoms with Gasteiger partial charge in [0.2, 0.25) is 0 Å². The third-order valence-corrected chi connectivity index (χ3v) is 4.25. The van der Waals surface area contributed by atoms with Crippen molar-refractivity contribution in [3.8, 4) is 0 Å². The summed E-state index contributed by atoms with van der Waals surface area (Å²) in [5.74, 6) is 0. The summed E-state index contributed by atoms with van der Waals surface area (Å²) in [5.41, 5.74) is 5.20. The summed E-state index contributed by atoms with van der Waals surface area (Å²) in [6.07, 6.45) is 4.00. The second-order valence-electron chi connectivity index (χ2n) is 4.73. The van der Waals surface area contributed by atoms with E-state index < -0.39 is 0 Å². The minimum atomic E-state index is -0.365. The molecule has 17 heavy (non-hydrogen) atoms. The third kappa shape index (κ3) is 2.28. The molecule has 2 aromatic rings. The van der Waals surface area contributed by atoms with Gasteiger partial charge in [0.05, 0.1) is 6.10 Å². The van der Waals surface area contributed by atoms with Gasteiger partial charge in [-0.15, -0.1) is 0 Å². The van der Waals surface area contributed by atoms with E-state index in [2.05, 4.69) is 35.0 Å². The summed E-state index contributed by atoms with van der Waals surface area (Å²) in [6.45, 7) is 0. The Hall–Kier alpha value is -1.12. The summed E-state index contributed by atoms with van der Waals surface area (Å²) < 4.78 is 0. The van der Waals surface area contributed by atoms with Crippen molar-refractivity contribution in [3.05, 3.63) is 57.3 Å². The van der Waals surface area contributed by atoms with Crippen LogP contribution in [0.5, 0.6) is 0 Å². The molecule has 88 valence electrons. The van der Waals surface area contributed by atoms with E-state index in [1.807, 2.05) is 0 Å². The van der Waals surface area contributed by atoms with E-state index in [0.717, 1.165) is 12.0 Å². The largest absolute Gasteiger partial charge is 0.388 e. The zero-order valence-electron chi connectivity index (χ0n) is 9.73. The molecule has 0 radical (unpaired) electrons. The van der Waals surface area contributed by atoms with Gasteiger partial charge in [-0.2, -0.15) is 11.3 Å². The molecule has 1 aliphatic carbocycles. The number of aliphatic hydroxyl groups excluding tert-OH is 1. The molecule has 1 aromatic carbocycles. The lowest BCUT2D eigenvalue weighted by atomic mass is 9.99. The number of fused-ring (bicyclic) bond motifs is 1. The maximum atomic E-state index is 10.2. The number of hydrogen-bond acceptors (Lipinski definition) is 2. The van der Waals surface area contributed by atoms with Gasteiger partial charge in [-0.3, -0.25) is 0 Å². The Balaban J connectivity index is 1.79. The van der Waals surface area contributed by atoms with Gasteiger partial charge < -0.3 is 5.11 Å². The fourth-order valence-corrected chi connectivity index (χ4v) is 3.23. The van der Waals surface area contributed by atoms with Crippen LogP contribution >= 0.6 is 11.3 Å². The highest BCUT2D eigenvalue weighted by Gasteiger charge is 2.14. The molecule has 1 heterocycles. The highest BCUT2D eigenvalue weighted by molar-refractivity contribution is 7.07. The molecule has 0 saturated heterocycles. The van der Waals surface area contributed by atoms with Gasteiger partial charge >= 0.3 is 0 Å². The van der Waals surface area contributed by atoms with Gasteiger partial charge in [-0.25, -0.2) is 0 Å². The van der Waals surface area contributed by atoms with Crippen LogP contribution in [0.3, 0.4) is 0 Å². The number of thiophene rings is 1. The van der Waals surface area contributed by atoms with Gasteiger partial charge in [-0.1, -0.05) is 18.2 Å². The molecule has 0 saturated carbocycles.